The Hall–Kier alpha value is -3.75. The second-order valence-corrected chi connectivity index (χ2v) is 7.85. The number of methoxy groups -OCH3 is 1. The van der Waals surface area contributed by atoms with Gasteiger partial charge in [0.1, 0.15) is 28.7 Å². The lowest BCUT2D eigenvalue weighted by atomic mass is 10.1. The highest BCUT2D eigenvalue weighted by Gasteiger charge is 2.19. The Kier molecular flexibility index (Phi) is 6.90. The number of carbonyl (C=O) groups is 1. The van der Waals surface area contributed by atoms with Crippen LogP contribution in [0.4, 0.5) is 14.5 Å². The number of rotatable bonds is 5. The minimum Gasteiger partial charge on any atom is -0.496 e. The molecule has 4 aromatic carbocycles. The van der Waals surface area contributed by atoms with E-state index in [2.05, 4.69) is 10.6 Å². The summed E-state index contributed by atoms with van der Waals surface area (Å²) in [6, 6.07) is 19.1. The van der Waals surface area contributed by atoms with Gasteiger partial charge in [-0.05, 0) is 48.6 Å². The third-order valence-corrected chi connectivity index (χ3v) is 5.41. The number of thiocarbonyl (C=S) groups is 1. The van der Waals surface area contributed by atoms with Crippen LogP contribution >= 0.6 is 23.8 Å². The van der Waals surface area contributed by atoms with Gasteiger partial charge in [0.25, 0.3) is 5.91 Å². The van der Waals surface area contributed by atoms with Crippen LogP contribution in [0, 0.1) is 11.6 Å². The molecule has 1 amide bonds. The van der Waals surface area contributed by atoms with Crippen molar-refractivity contribution in [2.75, 3.05) is 12.4 Å². The molecule has 0 aliphatic heterocycles. The number of para-hydroxylation sites is 1. The van der Waals surface area contributed by atoms with Crippen molar-refractivity contribution in [3.05, 3.63) is 95.0 Å². The summed E-state index contributed by atoms with van der Waals surface area (Å²) in [7, 11) is 1.58. The summed E-state index contributed by atoms with van der Waals surface area (Å²) >= 11 is 11.6. The molecule has 4 rings (SSSR count). The van der Waals surface area contributed by atoms with Gasteiger partial charge in [0.05, 0.1) is 17.8 Å². The predicted octanol–water partition coefficient (Wildman–Crippen LogP) is 6.70. The first-order valence-corrected chi connectivity index (χ1v) is 10.8. The average molecular weight is 499 g/mol. The number of amides is 1. The third kappa shape index (κ3) is 4.78. The lowest BCUT2D eigenvalue weighted by molar-refractivity contribution is 0.0969. The van der Waals surface area contributed by atoms with Crippen molar-refractivity contribution >= 4 is 51.3 Å². The molecule has 0 bridgehead atoms. The molecule has 0 saturated heterocycles. The smallest absolute Gasteiger partial charge is 0.263 e. The summed E-state index contributed by atoms with van der Waals surface area (Å²) in [5, 5.41) is 6.79. The van der Waals surface area contributed by atoms with E-state index in [1.165, 1.54) is 0 Å². The molecule has 172 valence electrons. The zero-order chi connectivity index (χ0) is 24.2. The zero-order valence-corrected chi connectivity index (χ0v) is 19.3. The molecule has 34 heavy (non-hydrogen) atoms. The summed E-state index contributed by atoms with van der Waals surface area (Å²) < 4.78 is 39.4. The molecule has 4 aromatic rings. The molecule has 0 fully saturated rings. The van der Waals surface area contributed by atoms with Crippen molar-refractivity contribution in [2.24, 2.45) is 0 Å². The van der Waals surface area contributed by atoms with E-state index in [1.807, 2.05) is 24.3 Å². The highest BCUT2D eigenvalue weighted by Crippen LogP contribution is 2.40. The number of benzene rings is 4. The number of hydrogen-bond donors (Lipinski definition) is 2. The maximum absolute atomic E-state index is 13.9. The number of carbonyl (C=O) groups excluding carboxylic acids is 1. The molecule has 0 saturated carbocycles. The van der Waals surface area contributed by atoms with Crippen molar-refractivity contribution in [3.8, 4) is 17.2 Å². The molecule has 0 atom stereocenters. The molecule has 0 heterocycles. The van der Waals surface area contributed by atoms with Crippen molar-refractivity contribution < 1.29 is 23.0 Å². The fraction of sp³-hybridized carbons (Fsp3) is 0.0400. The number of anilines is 1. The Bertz CT molecular complexity index is 1390. The normalized spacial score (nSPS) is 10.6. The van der Waals surface area contributed by atoms with Gasteiger partial charge < -0.3 is 14.8 Å². The van der Waals surface area contributed by atoms with E-state index in [1.54, 1.807) is 37.4 Å². The molecule has 0 unspecified atom stereocenters. The third-order valence-electron chi connectivity index (χ3n) is 4.91. The Labute approximate surface area is 204 Å². The molecule has 5 nitrogen and oxygen atoms in total. The van der Waals surface area contributed by atoms with Crippen molar-refractivity contribution in [1.82, 2.24) is 5.32 Å². The van der Waals surface area contributed by atoms with E-state index < -0.39 is 23.1 Å². The second-order valence-electron chi connectivity index (χ2n) is 7.04. The van der Waals surface area contributed by atoms with Crippen LogP contribution in [-0.2, 0) is 0 Å². The van der Waals surface area contributed by atoms with Crippen LogP contribution in [-0.4, -0.2) is 18.1 Å². The topological polar surface area (TPSA) is 59.6 Å². The zero-order valence-electron chi connectivity index (χ0n) is 17.7. The Balaban J connectivity index is 1.60. The first kappa shape index (κ1) is 23.4. The standard InChI is InChI=1S/C25H17ClF2N2O3S/c1-32-20-12-13-21(15-7-3-2-6-14(15)20)33-23-16(26)8-4-11-19(23)29-25(34)30-24(31)22-17(27)9-5-10-18(22)28/h2-13H,1H3,(H2,29,30,31,34). The van der Waals surface area contributed by atoms with E-state index in [0.29, 0.717) is 17.2 Å². The van der Waals surface area contributed by atoms with Crippen LogP contribution in [0.15, 0.2) is 72.8 Å². The van der Waals surface area contributed by atoms with E-state index in [9.17, 15) is 13.6 Å². The van der Waals surface area contributed by atoms with Crippen molar-refractivity contribution in [1.29, 1.82) is 0 Å². The van der Waals surface area contributed by atoms with Gasteiger partial charge in [0.2, 0.25) is 0 Å². The molecule has 9 heteroatoms. The number of hydrogen-bond acceptors (Lipinski definition) is 4. The fourth-order valence-electron chi connectivity index (χ4n) is 3.37. The van der Waals surface area contributed by atoms with Crippen LogP contribution in [0.25, 0.3) is 10.8 Å². The molecule has 0 spiro atoms. The number of nitrogens with one attached hydrogen (secondary N) is 2. The number of ether oxygens (including phenoxy) is 2. The van der Waals surface area contributed by atoms with Crippen molar-refractivity contribution in [3.63, 3.8) is 0 Å². The van der Waals surface area contributed by atoms with Gasteiger partial charge in [-0.25, -0.2) is 8.78 Å². The van der Waals surface area contributed by atoms with Gasteiger partial charge in [-0.2, -0.15) is 0 Å². The quantitative estimate of drug-likeness (QED) is 0.300. The Morgan fingerprint density at radius 3 is 2.18 bits per heavy atom. The number of halogens is 3. The molecular weight excluding hydrogens is 482 g/mol. The van der Waals surface area contributed by atoms with Gasteiger partial charge in [-0.3, -0.25) is 10.1 Å². The molecular formula is C25H17ClF2N2O3S. The van der Waals surface area contributed by atoms with Gasteiger partial charge in [0, 0.05) is 10.8 Å². The minimum absolute atomic E-state index is 0.195. The van der Waals surface area contributed by atoms with E-state index >= 15 is 0 Å². The van der Waals surface area contributed by atoms with E-state index in [4.69, 9.17) is 33.3 Å². The SMILES string of the molecule is COc1ccc(Oc2c(Cl)cccc2NC(=S)NC(=O)c2c(F)cccc2F)c2ccccc12. The van der Waals surface area contributed by atoms with Gasteiger partial charge >= 0.3 is 0 Å². The monoisotopic (exact) mass is 498 g/mol. The molecule has 2 N–H and O–H groups in total. The Morgan fingerprint density at radius 1 is 0.882 bits per heavy atom. The highest BCUT2D eigenvalue weighted by atomic mass is 35.5. The summed E-state index contributed by atoms with van der Waals surface area (Å²) in [4.78, 5) is 12.3. The molecule has 0 radical (unpaired) electrons. The summed E-state index contributed by atoms with van der Waals surface area (Å²) in [6.45, 7) is 0. The first-order chi connectivity index (χ1) is 16.4. The van der Waals surface area contributed by atoms with Gasteiger partial charge in [-0.15, -0.1) is 0 Å². The second kappa shape index (κ2) is 10.0. The van der Waals surface area contributed by atoms with Crippen molar-refractivity contribution in [2.45, 2.75) is 0 Å². The van der Waals surface area contributed by atoms with Gasteiger partial charge in [-0.1, -0.05) is 48.0 Å². The van der Waals surface area contributed by atoms with Crippen LogP contribution in [0.5, 0.6) is 17.2 Å². The largest absolute Gasteiger partial charge is 0.496 e. The van der Waals surface area contributed by atoms with E-state index in [0.717, 1.165) is 29.0 Å². The predicted molar refractivity (Wildman–Crippen MR) is 132 cm³/mol. The fourth-order valence-corrected chi connectivity index (χ4v) is 3.78. The Morgan fingerprint density at radius 2 is 1.50 bits per heavy atom. The van der Waals surface area contributed by atoms with Crippen LogP contribution in [0.2, 0.25) is 5.02 Å². The minimum atomic E-state index is -1.03. The van der Waals surface area contributed by atoms with E-state index in [-0.39, 0.29) is 15.9 Å². The maximum atomic E-state index is 13.9. The first-order valence-electron chi connectivity index (χ1n) is 9.97. The van der Waals surface area contributed by atoms with Crippen LogP contribution in [0.1, 0.15) is 10.4 Å². The summed E-state index contributed by atoms with van der Waals surface area (Å²) in [5.74, 6) is -1.59. The van der Waals surface area contributed by atoms with Crippen LogP contribution in [0.3, 0.4) is 0 Å². The number of fused-ring (bicyclic) bond motifs is 1. The molecule has 0 aliphatic carbocycles. The lowest BCUT2D eigenvalue weighted by Gasteiger charge is -2.17. The lowest BCUT2D eigenvalue weighted by Crippen LogP contribution is -2.35. The summed E-state index contributed by atoms with van der Waals surface area (Å²) in [5.41, 5.74) is -0.398. The highest BCUT2D eigenvalue weighted by molar-refractivity contribution is 7.80. The van der Waals surface area contributed by atoms with Crippen LogP contribution < -0.4 is 20.1 Å². The molecule has 0 aromatic heterocycles. The molecule has 0 aliphatic rings. The summed E-state index contributed by atoms with van der Waals surface area (Å²) in [6.07, 6.45) is 0. The van der Waals surface area contributed by atoms with Gasteiger partial charge in [0.15, 0.2) is 10.9 Å². The maximum Gasteiger partial charge on any atom is 0.263 e. The average Bonchev–Trinajstić information content (AvgIpc) is 2.81.